The summed E-state index contributed by atoms with van der Waals surface area (Å²) in [5.74, 6) is -0.0689. The Labute approximate surface area is 138 Å². The summed E-state index contributed by atoms with van der Waals surface area (Å²) in [5, 5.41) is 3.76. The second-order valence-corrected chi connectivity index (χ2v) is 6.19. The number of carbonyl (C=O) groups excluding carboxylic acids is 1. The van der Waals surface area contributed by atoms with Crippen molar-refractivity contribution in [1.82, 2.24) is 5.32 Å². The normalized spacial score (nSPS) is 12.0. The van der Waals surface area contributed by atoms with Crippen molar-refractivity contribution >= 4 is 33.4 Å². The second-order valence-electron chi connectivity index (χ2n) is 4.90. The number of halogens is 2. The molecule has 2 rings (SSSR count). The molecule has 0 saturated carbocycles. The third-order valence-electron chi connectivity index (χ3n) is 3.48. The zero-order valence-corrected chi connectivity index (χ0v) is 14.3. The summed E-state index contributed by atoms with van der Waals surface area (Å²) in [5.41, 5.74) is 2.65. The van der Waals surface area contributed by atoms with Crippen molar-refractivity contribution in [1.29, 1.82) is 0 Å². The van der Waals surface area contributed by atoms with Gasteiger partial charge in [0.25, 0.3) is 5.91 Å². The number of amides is 1. The third kappa shape index (κ3) is 3.86. The molecule has 0 aliphatic heterocycles. The number of benzene rings is 2. The number of rotatable bonds is 4. The van der Waals surface area contributed by atoms with Crippen molar-refractivity contribution < 1.29 is 4.79 Å². The molecule has 1 atom stereocenters. The van der Waals surface area contributed by atoms with Crippen LogP contribution in [0.15, 0.2) is 46.9 Å². The Bertz CT molecular complexity index is 657. The van der Waals surface area contributed by atoms with Crippen LogP contribution in [0.5, 0.6) is 0 Å². The Morgan fingerprint density at radius 2 is 2.00 bits per heavy atom. The molecule has 0 fully saturated rings. The summed E-state index contributed by atoms with van der Waals surface area (Å²) in [7, 11) is 0. The van der Waals surface area contributed by atoms with Gasteiger partial charge >= 0.3 is 0 Å². The van der Waals surface area contributed by atoms with E-state index in [1.165, 1.54) is 0 Å². The van der Waals surface area contributed by atoms with Gasteiger partial charge in [0.05, 0.1) is 6.04 Å². The van der Waals surface area contributed by atoms with Crippen LogP contribution in [0, 0.1) is 6.92 Å². The van der Waals surface area contributed by atoms with Gasteiger partial charge in [-0.2, -0.15) is 0 Å². The van der Waals surface area contributed by atoms with Crippen molar-refractivity contribution in [3.05, 3.63) is 68.7 Å². The number of hydrogen-bond acceptors (Lipinski definition) is 1. The zero-order valence-electron chi connectivity index (χ0n) is 12.0. The van der Waals surface area contributed by atoms with Gasteiger partial charge in [0, 0.05) is 15.1 Å². The summed E-state index contributed by atoms with van der Waals surface area (Å²) in [6, 6.07) is 13.2. The Morgan fingerprint density at radius 1 is 1.29 bits per heavy atom. The lowest BCUT2D eigenvalue weighted by atomic mass is 10.0. The molecule has 21 heavy (non-hydrogen) atoms. The molecule has 2 aromatic carbocycles. The summed E-state index contributed by atoms with van der Waals surface area (Å²) in [6.45, 7) is 3.97. The highest BCUT2D eigenvalue weighted by Gasteiger charge is 2.16. The molecule has 0 saturated heterocycles. The molecule has 1 amide bonds. The topological polar surface area (TPSA) is 29.1 Å². The summed E-state index contributed by atoms with van der Waals surface area (Å²) < 4.78 is 0.936. The fraction of sp³-hybridized carbons (Fsp3) is 0.235. The standard InChI is InChI=1S/C17H17BrClNO/c1-3-16(12-6-4-7-13(19)10-12)20-17(21)14-8-5-9-15(18)11(14)2/h4-10,16H,3H2,1-2H3,(H,20,21). The Kier molecular flexibility index (Phi) is 5.43. The fourth-order valence-corrected chi connectivity index (χ4v) is 2.80. The number of nitrogens with one attached hydrogen (secondary N) is 1. The highest BCUT2D eigenvalue weighted by molar-refractivity contribution is 9.10. The molecule has 2 nitrogen and oxygen atoms in total. The van der Waals surface area contributed by atoms with E-state index >= 15 is 0 Å². The zero-order chi connectivity index (χ0) is 15.4. The molecule has 0 aromatic heterocycles. The highest BCUT2D eigenvalue weighted by Crippen LogP contribution is 2.23. The first kappa shape index (κ1) is 16.1. The predicted molar refractivity (Wildman–Crippen MR) is 90.8 cm³/mol. The average molecular weight is 367 g/mol. The van der Waals surface area contributed by atoms with Crippen molar-refractivity contribution in [3.8, 4) is 0 Å². The van der Waals surface area contributed by atoms with Gasteiger partial charge in [0.2, 0.25) is 0 Å². The van der Waals surface area contributed by atoms with Crippen LogP contribution in [-0.2, 0) is 0 Å². The Balaban J connectivity index is 2.22. The number of carbonyl (C=O) groups is 1. The molecular formula is C17H17BrClNO. The van der Waals surface area contributed by atoms with Gasteiger partial charge in [-0.25, -0.2) is 0 Å². The molecule has 0 bridgehead atoms. The van der Waals surface area contributed by atoms with Gasteiger partial charge in [0.1, 0.15) is 0 Å². The van der Waals surface area contributed by atoms with E-state index < -0.39 is 0 Å². The van der Waals surface area contributed by atoms with E-state index in [9.17, 15) is 4.79 Å². The molecule has 0 spiro atoms. The maximum Gasteiger partial charge on any atom is 0.252 e. The van der Waals surface area contributed by atoms with Crippen molar-refractivity contribution in [2.24, 2.45) is 0 Å². The number of hydrogen-bond donors (Lipinski definition) is 1. The first-order valence-corrected chi connectivity index (χ1v) is 8.01. The van der Waals surface area contributed by atoms with Gasteiger partial charge in [-0.15, -0.1) is 0 Å². The molecule has 0 heterocycles. The summed E-state index contributed by atoms with van der Waals surface area (Å²) in [4.78, 5) is 12.5. The smallest absolute Gasteiger partial charge is 0.252 e. The minimum atomic E-state index is -0.0689. The fourth-order valence-electron chi connectivity index (χ4n) is 2.23. The van der Waals surface area contributed by atoms with Crippen LogP contribution in [0.25, 0.3) is 0 Å². The van der Waals surface area contributed by atoms with Crippen molar-refractivity contribution in [2.75, 3.05) is 0 Å². The Hall–Kier alpha value is -1.32. The molecule has 0 aliphatic carbocycles. The van der Waals surface area contributed by atoms with E-state index in [1.54, 1.807) is 0 Å². The van der Waals surface area contributed by atoms with Crippen LogP contribution in [0.2, 0.25) is 5.02 Å². The molecule has 0 radical (unpaired) electrons. The SMILES string of the molecule is CCC(NC(=O)c1cccc(Br)c1C)c1cccc(Cl)c1. The van der Waals surface area contributed by atoms with E-state index in [0.717, 1.165) is 22.0 Å². The van der Waals surface area contributed by atoms with Gasteiger partial charge in [-0.05, 0) is 48.7 Å². The molecule has 4 heteroatoms. The largest absolute Gasteiger partial charge is 0.345 e. The molecule has 110 valence electrons. The third-order valence-corrected chi connectivity index (χ3v) is 4.57. The molecule has 1 unspecified atom stereocenters. The lowest BCUT2D eigenvalue weighted by Crippen LogP contribution is -2.28. The minimum Gasteiger partial charge on any atom is -0.345 e. The Morgan fingerprint density at radius 3 is 2.67 bits per heavy atom. The van der Waals surface area contributed by atoms with Crippen LogP contribution >= 0.6 is 27.5 Å². The van der Waals surface area contributed by atoms with E-state index in [1.807, 2.05) is 56.3 Å². The minimum absolute atomic E-state index is 0.0467. The molecule has 1 N–H and O–H groups in total. The quantitative estimate of drug-likeness (QED) is 0.782. The van der Waals surface area contributed by atoms with Crippen LogP contribution < -0.4 is 5.32 Å². The lowest BCUT2D eigenvalue weighted by molar-refractivity contribution is 0.0935. The second kappa shape index (κ2) is 7.10. The van der Waals surface area contributed by atoms with Crippen LogP contribution in [0.1, 0.15) is 40.9 Å². The predicted octanol–water partition coefficient (Wildman–Crippen LogP) is 5.29. The first-order chi connectivity index (χ1) is 10.0. The molecular weight excluding hydrogens is 350 g/mol. The van der Waals surface area contributed by atoms with Crippen LogP contribution in [-0.4, -0.2) is 5.91 Å². The van der Waals surface area contributed by atoms with E-state index in [2.05, 4.69) is 21.2 Å². The van der Waals surface area contributed by atoms with Crippen LogP contribution in [0.4, 0.5) is 0 Å². The van der Waals surface area contributed by atoms with Crippen molar-refractivity contribution in [2.45, 2.75) is 26.3 Å². The van der Waals surface area contributed by atoms with E-state index in [0.29, 0.717) is 10.6 Å². The van der Waals surface area contributed by atoms with Crippen LogP contribution in [0.3, 0.4) is 0 Å². The molecule has 0 aliphatic rings. The van der Waals surface area contributed by atoms with Gasteiger partial charge in [0.15, 0.2) is 0 Å². The summed E-state index contributed by atoms with van der Waals surface area (Å²) in [6.07, 6.45) is 0.805. The van der Waals surface area contributed by atoms with E-state index in [4.69, 9.17) is 11.6 Å². The van der Waals surface area contributed by atoms with Gasteiger partial charge < -0.3 is 5.32 Å². The van der Waals surface area contributed by atoms with Crippen molar-refractivity contribution in [3.63, 3.8) is 0 Å². The lowest BCUT2D eigenvalue weighted by Gasteiger charge is -2.18. The highest BCUT2D eigenvalue weighted by atomic mass is 79.9. The van der Waals surface area contributed by atoms with Gasteiger partial charge in [-0.3, -0.25) is 4.79 Å². The average Bonchev–Trinajstić information content (AvgIpc) is 2.47. The van der Waals surface area contributed by atoms with E-state index in [-0.39, 0.29) is 11.9 Å². The first-order valence-electron chi connectivity index (χ1n) is 6.84. The van der Waals surface area contributed by atoms with Gasteiger partial charge in [-0.1, -0.05) is 52.7 Å². The maximum atomic E-state index is 12.5. The molecule has 2 aromatic rings. The summed E-state index contributed by atoms with van der Waals surface area (Å²) >= 11 is 9.48. The maximum absolute atomic E-state index is 12.5. The monoisotopic (exact) mass is 365 g/mol.